The van der Waals surface area contributed by atoms with Gasteiger partial charge in [0.15, 0.2) is 0 Å². The van der Waals surface area contributed by atoms with Gasteiger partial charge in [0.05, 0.1) is 30.1 Å². The molecular weight excluding hydrogens is 314 g/mol. The molecule has 0 saturated heterocycles. The number of nitrogens with zero attached hydrogens (tertiary/aromatic N) is 2. The number of hydrogen-bond acceptors (Lipinski definition) is 4. The minimum Gasteiger partial charge on any atom is -0.493 e. The van der Waals surface area contributed by atoms with Gasteiger partial charge in [-0.15, -0.1) is 0 Å². The van der Waals surface area contributed by atoms with Crippen molar-refractivity contribution in [1.29, 1.82) is 0 Å². The van der Waals surface area contributed by atoms with Gasteiger partial charge >= 0.3 is 0 Å². The molecule has 23 heavy (non-hydrogen) atoms. The summed E-state index contributed by atoms with van der Waals surface area (Å²) in [7, 11) is 0. The first kappa shape index (κ1) is 15.9. The molecule has 0 aliphatic carbocycles. The van der Waals surface area contributed by atoms with E-state index in [1.165, 1.54) is 4.68 Å². The highest BCUT2D eigenvalue weighted by molar-refractivity contribution is 6.32. The largest absolute Gasteiger partial charge is 0.493 e. The number of fused-ring (bicyclic) bond motifs is 1. The number of benzene rings is 1. The van der Waals surface area contributed by atoms with Crippen molar-refractivity contribution in [3.63, 3.8) is 0 Å². The Balaban J connectivity index is 1.94. The summed E-state index contributed by atoms with van der Waals surface area (Å²) in [5.41, 5.74) is 0.919. The van der Waals surface area contributed by atoms with Gasteiger partial charge < -0.3 is 10.1 Å². The number of halogens is 1. The molecule has 0 saturated carbocycles. The van der Waals surface area contributed by atoms with Gasteiger partial charge in [0, 0.05) is 12.0 Å². The van der Waals surface area contributed by atoms with E-state index in [1.54, 1.807) is 6.20 Å². The standard InChI is InChI=1S/C17H20ClN3O2/c1-17(2,3)21-16(22)15(18)13(10-19-21)20-12-8-9-23-14-7-5-4-6-11(12)14/h4-7,10,12,20H,8-9H2,1-3H3. The maximum atomic E-state index is 12.4. The predicted molar refractivity (Wildman–Crippen MR) is 91.4 cm³/mol. The number of ether oxygens (including phenoxy) is 1. The third-order valence-electron chi connectivity index (χ3n) is 3.84. The average molecular weight is 334 g/mol. The second kappa shape index (κ2) is 5.89. The van der Waals surface area contributed by atoms with Crippen LogP contribution in [0.1, 0.15) is 38.8 Å². The molecule has 1 atom stereocenters. The summed E-state index contributed by atoms with van der Waals surface area (Å²) in [6, 6.07) is 7.92. The quantitative estimate of drug-likeness (QED) is 0.912. The van der Waals surface area contributed by atoms with Gasteiger partial charge in [-0.3, -0.25) is 4.79 Å². The highest BCUT2D eigenvalue weighted by atomic mass is 35.5. The maximum absolute atomic E-state index is 12.4. The average Bonchev–Trinajstić information content (AvgIpc) is 2.51. The molecule has 3 rings (SSSR count). The molecule has 122 valence electrons. The Bertz CT molecular complexity index is 780. The Labute approximate surface area is 140 Å². The summed E-state index contributed by atoms with van der Waals surface area (Å²) >= 11 is 6.28. The lowest BCUT2D eigenvalue weighted by atomic mass is 10.0. The molecule has 1 aromatic carbocycles. The van der Waals surface area contributed by atoms with E-state index in [2.05, 4.69) is 10.4 Å². The fraction of sp³-hybridized carbons (Fsp3) is 0.412. The van der Waals surface area contributed by atoms with Gasteiger partial charge in [-0.05, 0) is 26.8 Å². The first-order valence-corrected chi connectivity index (χ1v) is 8.02. The van der Waals surface area contributed by atoms with Crippen molar-refractivity contribution >= 4 is 17.3 Å². The Morgan fingerprint density at radius 2 is 2.09 bits per heavy atom. The molecule has 0 spiro atoms. The van der Waals surface area contributed by atoms with Crippen LogP contribution in [-0.2, 0) is 5.54 Å². The molecule has 1 N–H and O–H groups in total. The van der Waals surface area contributed by atoms with Crippen molar-refractivity contribution in [2.75, 3.05) is 11.9 Å². The lowest BCUT2D eigenvalue weighted by Gasteiger charge is -2.28. The smallest absolute Gasteiger partial charge is 0.288 e. The topological polar surface area (TPSA) is 56.1 Å². The summed E-state index contributed by atoms with van der Waals surface area (Å²) in [4.78, 5) is 12.4. The van der Waals surface area contributed by atoms with Crippen LogP contribution in [0.2, 0.25) is 5.02 Å². The summed E-state index contributed by atoms with van der Waals surface area (Å²) < 4.78 is 7.06. The minimum atomic E-state index is -0.412. The van der Waals surface area contributed by atoms with Gasteiger partial charge in [0.25, 0.3) is 5.56 Å². The van der Waals surface area contributed by atoms with Crippen LogP contribution in [0.5, 0.6) is 5.75 Å². The van der Waals surface area contributed by atoms with E-state index in [0.717, 1.165) is 17.7 Å². The lowest BCUT2D eigenvalue weighted by Crippen LogP contribution is -2.36. The molecule has 1 unspecified atom stereocenters. The number of anilines is 1. The molecule has 1 aromatic heterocycles. The third-order valence-corrected chi connectivity index (χ3v) is 4.21. The Kier molecular flexibility index (Phi) is 4.06. The lowest BCUT2D eigenvalue weighted by molar-refractivity contribution is 0.274. The van der Waals surface area contributed by atoms with E-state index in [0.29, 0.717) is 12.3 Å². The van der Waals surface area contributed by atoms with Crippen LogP contribution in [0.4, 0.5) is 5.69 Å². The van der Waals surface area contributed by atoms with Crippen molar-refractivity contribution < 1.29 is 4.74 Å². The van der Waals surface area contributed by atoms with Crippen molar-refractivity contribution in [2.45, 2.75) is 38.8 Å². The molecule has 2 aromatic rings. The zero-order chi connectivity index (χ0) is 16.6. The van der Waals surface area contributed by atoms with Gasteiger partial charge in [0.2, 0.25) is 0 Å². The van der Waals surface area contributed by atoms with Crippen LogP contribution in [0.15, 0.2) is 35.3 Å². The maximum Gasteiger partial charge on any atom is 0.288 e. The Morgan fingerprint density at radius 3 is 2.83 bits per heavy atom. The van der Waals surface area contributed by atoms with Gasteiger partial charge in [-0.25, -0.2) is 4.68 Å². The molecule has 0 fully saturated rings. The third kappa shape index (κ3) is 3.06. The van der Waals surface area contributed by atoms with E-state index in [9.17, 15) is 4.79 Å². The van der Waals surface area contributed by atoms with Crippen molar-refractivity contribution in [2.24, 2.45) is 0 Å². The monoisotopic (exact) mass is 333 g/mol. The fourth-order valence-electron chi connectivity index (χ4n) is 2.69. The van der Waals surface area contributed by atoms with Gasteiger partial charge in [0.1, 0.15) is 10.8 Å². The first-order valence-electron chi connectivity index (χ1n) is 7.64. The number of hydrogen-bond donors (Lipinski definition) is 1. The van der Waals surface area contributed by atoms with Crippen molar-refractivity contribution in [3.8, 4) is 5.75 Å². The van der Waals surface area contributed by atoms with Gasteiger partial charge in [-0.2, -0.15) is 5.10 Å². The van der Waals surface area contributed by atoms with Gasteiger partial charge in [-0.1, -0.05) is 29.8 Å². The second-order valence-corrected chi connectivity index (χ2v) is 7.01. The summed E-state index contributed by atoms with van der Waals surface area (Å²) in [5, 5.41) is 7.76. The molecule has 0 bridgehead atoms. The molecule has 5 nitrogen and oxygen atoms in total. The molecule has 0 amide bonds. The van der Waals surface area contributed by atoms with E-state index in [-0.39, 0.29) is 16.6 Å². The summed E-state index contributed by atoms with van der Waals surface area (Å²) in [6.07, 6.45) is 2.42. The van der Waals surface area contributed by atoms with E-state index in [4.69, 9.17) is 16.3 Å². The van der Waals surface area contributed by atoms with E-state index in [1.807, 2.05) is 45.0 Å². The van der Waals surface area contributed by atoms with Crippen molar-refractivity contribution in [1.82, 2.24) is 9.78 Å². The number of nitrogens with one attached hydrogen (secondary N) is 1. The zero-order valence-electron chi connectivity index (χ0n) is 13.5. The predicted octanol–water partition coefficient (Wildman–Crippen LogP) is 3.59. The molecule has 1 aliphatic heterocycles. The second-order valence-electron chi connectivity index (χ2n) is 6.63. The van der Waals surface area contributed by atoms with E-state index < -0.39 is 5.54 Å². The highest BCUT2D eigenvalue weighted by Gasteiger charge is 2.24. The van der Waals surface area contributed by atoms with E-state index >= 15 is 0 Å². The van der Waals surface area contributed by atoms with Crippen LogP contribution in [0.25, 0.3) is 0 Å². The van der Waals surface area contributed by atoms with Crippen LogP contribution in [-0.4, -0.2) is 16.4 Å². The van der Waals surface area contributed by atoms with Crippen molar-refractivity contribution in [3.05, 3.63) is 51.4 Å². The Hall–Kier alpha value is -2.01. The molecule has 2 heterocycles. The molecule has 1 aliphatic rings. The molecule has 0 radical (unpaired) electrons. The zero-order valence-corrected chi connectivity index (χ0v) is 14.2. The van der Waals surface area contributed by atoms with Crippen LogP contribution in [0.3, 0.4) is 0 Å². The van der Waals surface area contributed by atoms with Crippen LogP contribution < -0.4 is 15.6 Å². The van der Waals surface area contributed by atoms with Crippen LogP contribution >= 0.6 is 11.6 Å². The summed E-state index contributed by atoms with van der Waals surface area (Å²) in [6.45, 7) is 6.37. The van der Waals surface area contributed by atoms with Crippen LogP contribution in [0, 0.1) is 0 Å². The fourth-order valence-corrected chi connectivity index (χ4v) is 2.87. The first-order chi connectivity index (χ1) is 10.9. The Morgan fingerprint density at radius 1 is 1.35 bits per heavy atom. The minimum absolute atomic E-state index is 0.0455. The molecular formula is C17H20ClN3O2. The number of para-hydroxylation sites is 1. The normalized spacial score (nSPS) is 17.3. The number of aromatic nitrogens is 2. The molecule has 6 heteroatoms. The number of rotatable bonds is 2. The SMILES string of the molecule is CC(C)(C)n1ncc(NC2CCOc3ccccc32)c(Cl)c1=O. The summed E-state index contributed by atoms with van der Waals surface area (Å²) in [5.74, 6) is 0.864. The highest BCUT2D eigenvalue weighted by Crippen LogP contribution is 2.34.